The summed E-state index contributed by atoms with van der Waals surface area (Å²) in [6.07, 6.45) is 0.0167. The van der Waals surface area contributed by atoms with Crippen molar-refractivity contribution in [3.63, 3.8) is 0 Å². The first-order valence-corrected chi connectivity index (χ1v) is 7.42. The number of carbonyl (C=O) groups is 3. The first kappa shape index (κ1) is 19.9. The number of nitrogens with one attached hydrogen (secondary N) is 2. The predicted molar refractivity (Wildman–Crippen MR) is 89.6 cm³/mol. The highest BCUT2D eigenvalue weighted by molar-refractivity contribution is 5.99. The van der Waals surface area contributed by atoms with Gasteiger partial charge in [-0.05, 0) is 31.0 Å². The van der Waals surface area contributed by atoms with Gasteiger partial charge in [-0.15, -0.1) is 0 Å². The molecule has 9 heteroatoms. The van der Waals surface area contributed by atoms with E-state index in [1.54, 1.807) is 31.2 Å². The van der Waals surface area contributed by atoms with E-state index in [-0.39, 0.29) is 12.8 Å². The number of hydrogen-bond acceptors (Lipinski definition) is 7. The second-order valence-electron chi connectivity index (χ2n) is 5.05. The molecule has 0 aromatic heterocycles. The molecule has 1 unspecified atom stereocenters. The molecule has 0 spiro atoms. The summed E-state index contributed by atoms with van der Waals surface area (Å²) in [6.45, 7) is 1.64. The normalized spacial score (nSPS) is 12.0. The van der Waals surface area contributed by atoms with Gasteiger partial charge in [-0.2, -0.15) is 0 Å². The number of carbonyl (C=O) groups excluding carboxylic acids is 3. The molecule has 0 aliphatic rings. The van der Waals surface area contributed by atoms with Gasteiger partial charge in [0.15, 0.2) is 0 Å². The molecule has 1 atom stereocenters. The van der Waals surface area contributed by atoms with Crippen molar-refractivity contribution >= 4 is 29.4 Å². The molecule has 9 nitrogen and oxygen atoms in total. The lowest BCUT2D eigenvalue weighted by molar-refractivity contribution is -0.144. The molecule has 0 bridgehead atoms. The molecule has 0 fully saturated rings. The Kier molecular flexibility index (Phi) is 7.91. The fourth-order valence-corrected chi connectivity index (χ4v) is 1.93. The Morgan fingerprint density at radius 1 is 1.16 bits per heavy atom. The summed E-state index contributed by atoms with van der Waals surface area (Å²) < 4.78 is 9.12. The second kappa shape index (κ2) is 9.91. The van der Waals surface area contributed by atoms with Crippen LogP contribution in [0.4, 0.5) is 10.5 Å². The number of esters is 2. The average molecular weight is 351 g/mol. The Morgan fingerprint density at radius 3 is 2.32 bits per heavy atom. The van der Waals surface area contributed by atoms with E-state index in [2.05, 4.69) is 25.3 Å². The zero-order valence-electron chi connectivity index (χ0n) is 14.2. The highest BCUT2D eigenvalue weighted by Gasteiger charge is 2.22. The molecular weight excluding hydrogens is 330 g/mol. The minimum atomic E-state index is -0.980. The van der Waals surface area contributed by atoms with Crippen molar-refractivity contribution in [3.8, 4) is 0 Å². The summed E-state index contributed by atoms with van der Waals surface area (Å²) in [5.41, 5.74) is 1.60. The largest absolute Gasteiger partial charge is 0.469 e. The number of urea groups is 1. The van der Waals surface area contributed by atoms with Gasteiger partial charge in [-0.25, -0.2) is 9.59 Å². The van der Waals surface area contributed by atoms with Crippen molar-refractivity contribution in [2.45, 2.75) is 25.8 Å². The van der Waals surface area contributed by atoms with E-state index in [4.69, 9.17) is 5.21 Å². The Labute approximate surface area is 145 Å². The van der Waals surface area contributed by atoms with Crippen molar-refractivity contribution < 1.29 is 29.1 Å². The van der Waals surface area contributed by atoms with E-state index < -0.39 is 24.0 Å². The molecule has 1 rings (SSSR count). The monoisotopic (exact) mass is 351 g/mol. The first-order valence-electron chi connectivity index (χ1n) is 7.42. The van der Waals surface area contributed by atoms with Gasteiger partial charge < -0.3 is 25.3 Å². The summed E-state index contributed by atoms with van der Waals surface area (Å²) in [6, 6.07) is 4.96. The summed E-state index contributed by atoms with van der Waals surface area (Å²) in [7, 11) is 2.43. The minimum Gasteiger partial charge on any atom is -0.469 e. The Bertz CT molecular complexity index is 642. The smallest absolute Gasteiger partial charge is 0.328 e. The molecule has 2 amide bonds. The highest BCUT2D eigenvalue weighted by atomic mass is 16.5. The lowest BCUT2D eigenvalue weighted by Crippen LogP contribution is -2.43. The summed E-state index contributed by atoms with van der Waals surface area (Å²) in [4.78, 5) is 34.9. The molecule has 1 aromatic carbocycles. The number of methoxy groups -OCH3 is 2. The molecule has 0 aliphatic heterocycles. The number of nitrogens with zero attached hydrogens (tertiary/aromatic N) is 1. The standard InChI is InChI=1S/C16H21N3O6/c1-10(19-23)11-4-6-12(7-5-11)17-16(22)18-13(15(21)25-3)8-9-14(20)24-2/h4-7,13,23H,8-9H2,1-3H3,(H2,17,18,22)/b19-10+. The van der Waals surface area contributed by atoms with Crippen LogP contribution in [0.2, 0.25) is 0 Å². The number of hydrogen-bond donors (Lipinski definition) is 3. The third-order valence-corrected chi connectivity index (χ3v) is 3.37. The number of benzene rings is 1. The lowest BCUT2D eigenvalue weighted by Gasteiger charge is -2.16. The first-order chi connectivity index (χ1) is 11.9. The van der Waals surface area contributed by atoms with Gasteiger partial charge in [0.2, 0.25) is 0 Å². The fraction of sp³-hybridized carbons (Fsp3) is 0.375. The fourth-order valence-electron chi connectivity index (χ4n) is 1.93. The van der Waals surface area contributed by atoms with Crippen molar-refractivity contribution in [3.05, 3.63) is 29.8 Å². The van der Waals surface area contributed by atoms with Crippen LogP contribution in [0.3, 0.4) is 0 Å². The van der Waals surface area contributed by atoms with Crippen LogP contribution in [0.25, 0.3) is 0 Å². The van der Waals surface area contributed by atoms with Crippen LogP contribution in [0.15, 0.2) is 29.4 Å². The minimum absolute atomic E-state index is 0.0367. The van der Waals surface area contributed by atoms with Gasteiger partial charge in [0, 0.05) is 12.1 Å². The van der Waals surface area contributed by atoms with Crippen LogP contribution in [0.5, 0.6) is 0 Å². The lowest BCUT2D eigenvalue weighted by atomic mass is 10.1. The van der Waals surface area contributed by atoms with Gasteiger partial charge in [-0.3, -0.25) is 4.79 Å². The van der Waals surface area contributed by atoms with Crippen LogP contribution in [0.1, 0.15) is 25.3 Å². The predicted octanol–water partition coefficient (Wildman–Crippen LogP) is 1.50. The quantitative estimate of drug-likeness (QED) is 0.296. The van der Waals surface area contributed by atoms with Gasteiger partial charge in [0.05, 0.1) is 19.9 Å². The second-order valence-corrected chi connectivity index (χ2v) is 5.05. The number of anilines is 1. The molecule has 136 valence electrons. The van der Waals surface area contributed by atoms with Gasteiger partial charge in [0.25, 0.3) is 0 Å². The van der Waals surface area contributed by atoms with E-state index in [9.17, 15) is 14.4 Å². The molecule has 0 saturated carbocycles. The molecule has 1 aromatic rings. The zero-order chi connectivity index (χ0) is 18.8. The maximum Gasteiger partial charge on any atom is 0.328 e. The molecule has 0 saturated heterocycles. The number of amides is 2. The van der Waals surface area contributed by atoms with Crippen molar-refractivity contribution in [1.29, 1.82) is 0 Å². The zero-order valence-corrected chi connectivity index (χ0v) is 14.2. The number of rotatable bonds is 7. The van der Waals surface area contributed by atoms with Gasteiger partial charge in [0.1, 0.15) is 6.04 Å². The summed E-state index contributed by atoms with van der Waals surface area (Å²) >= 11 is 0. The molecule has 0 aliphatic carbocycles. The van der Waals surface area contributed by atoms with E-state index in [1.165, 1.54) is 14.2 Å². The number of ether oxygens (including phenoxy) is 2. The Hall–Kier alpha value is -3.10. The molecule has 25 heavy (non-hydrogen) atoms. The van der Waals surface area contributed by atoms with Crippen molar-refractivity contribution in [2.24, 2.45) is 5.16 Å². The Balaban J connectivity index is 2.67. The van der Waals surface area contributed by atoms with E-state index in [0.717, 1.165) is 0 Å². The molecule has 3 N–H and O–H groups in total. The molecule has 0 radical (unpaired) electrons. The summed E-state index contributed by atoms with van der Waals surface area (Å²) in [5, 5.41) is 16.8. The average Bonchev–Trinajstić information content (AvgIpc) is 2.63. The topological polar surface area (TPSA) is 126 Å². The third kappa shape index (κ3) is 6.50. The van der Waals surface area contributed by atoms with Gasteiger partial charge >= 0.3 is 18.0 Å². The van der Waals surface area contributed by atoms with Crippen molar-refractivity contribution in [1.82, 2.24) is 5.32 Å². The highest BCUT2D eigenvalue weighted by Crippen LogP contribution is 2.11. The van der Waals surface area contributed by atoms with E-state index in [0.29, 0.717) is 17.0 Å². The van der Waals surface area contributed by atoms with Crippen LogP contribution in [-0.4, -0.2) is 49.2 Å². The molecular formula is C16H21N3O6. The van der Waals surface area contributed by atoms with Crippen molar-refractivity contribution in [2.75, 3.05) is 19.5 Å². The van der Waals surface area contributed by atoms with Crippen LogP contribution < -0.4 is 10.6 Å². The van der Waals surface area contributed by atoms with Gasteiger partial charge in [-0.1, -0.05) is 17.3 Å². The maximum atomic E-state index is 12.0. The summed E-state index contributed by atoms with van der Waals surface area (Å²) in [5.74, 6) is -1.16. The van der Waals surface area contributed by atoms with Crippen LogP contribution >= 0.6 is 0 Å². The number of oxime groups is 1. The third-order valence-electron chi connectivity index (χ3n) is 3.37. The van der Waals surface area contributed by atoms with E-state index >= 15 is 0 Å². The van der Waals surface area contributed by atoms with E-state index in [1.807, 2.05) is 0 Å². The maximum absolute atomic E-state index is 12.0. The molecule has 0 heterocycles. The SMILES string of the molecule is COC(=O)CCC(NC(=O)Nc1ccc(/C(C)=N/O)cc1)C(=O)OC. The van der Waals surface area contributed by atoms with Crippen LogP contribution in [-0.2, 0) is 19.1 Å². The Morgan fingerprint density at radius 2 is 1.80 bits per heavy atom. The van der Waals surface area contributed by atoms with Crippen LogP contribution in [0, 0.1) is 0 Å².